The number of rotatable bonds is 2. The van der Waals surface area contributed by atoms with Crippen molar-refractivity contribution in [3.8, 4) is 0 Å². The van der Waals surface area contributed by atoms with Gasteiger partial charge in [-0.1, -0.05) is 48.5 Å². The minimum absolute atomic E-state index is 0.0413. The summed E-state index contributed by atoms with van der Waals surface area (Å²) >= 11 is 0. The molecule has 0 saturated heterocycles. The Bertz CT molecular complexity index is 1110. The predicted molar refractivity (Wildman–Crippen MR) is 96.2 cm³/mol. The monoisotopic (exact) mass is 328 g/mol. The van der Waals surface area contributed by atoms with Gasteiger partial charge < -0.3 is 14.7 Å². The smallest absolute Gasteiger partial charge is 0.337 e. The Morgan fingerprint density at radius 2 is 1.84 bits per heavy atom. The van der Waals surface area contributed by atoms with E-state index in [1.807, 2.05) is 30.3 Å². The zero-order chi connectivity index (χ0) is 17.0. The molecule has 0 radical (unpaired) electrons. The third-order valence-electron chi connectivity index (χ3n) is 5.05. The molecule has 25 heavy (non-hydrogen) atoms. The molecule has 0 bridgehead atoms. The minimum atomic E-state index is -0.887. The fourth-order valence-electron chi connectivity index (χ4n) is 3.95. The molecule has 5 rings (SSSR count). The minimum Gasteiger partial charge on any atom is -0.478 e. The predicted octanol–water partition coefficient (Wildman–Crippen LogP) is 4.21. The number of hydrogen-bond donors (Lipinski definition) is 2. The standard InChI is InChI=1S/C21H16N2O2/c24-21(25)14-10-15-11-17-16-8-4-5-9-18(16)22-19(17)20(23(15)12-14)13-6-2-1-3-7-13/h1-10,12,20,22H,11H2,(H,24,25). The van der Waals surface area contributed by atoms with Gasteiger partial charge in [-0.25, -0.2) is 4.79 Å². The Morgan fingerprint density at radius 3 is 2.64 bits per heavy atom. The van der Waals surface area contributed by atoms with Crippen LogP contribution in [0.5, 0.6) is 0 Å². The summed E-state index contributed by atoms with van der Waals surface area (Å²) in [6, 6.07) is 20.3. The fraction of sp³-hybridized carbons (Fsp3) is 0.0952. The van der Waals surface area contributed by atoms with Crippen molar-refractivity contribution in [2.45, 2.75) is 12.5 Å². The van der Waals surface area contributed by atoms with Crippen LogP contribution in [0.2, 0.25) is 0 Å². The number of fused-ring (bicyclic) bond motifs is 4. The molecule has 122 valence electrons. The van der Waals surface area contributed by atoms with Crippen LogP contribution >= 0.6 is 0 Å². The number of aromatic amines is 1. The van der Waals surface area contributed by atoms with Crippen molar-refractivity contribution in [2.24, 2.45) is 0 Å². The number of benzene rings is 2. The van der Waals surface area contributed by atoms with Gasteiger partial charge in [0.1, 0.15) is 0 Å². The maximum absolute atomic E-state index is 11.5. The zero-order valence-electron chi connectivity index (χ0n) is 13.4. The first-order valence-electron chi connectivity index (χ1n) is 8.31. The quantitative estimate of drug-likeness (QED) is 0.510. The molecule has 1 aliphatic rings. The van der Waals surface area contributed by atoms with Crippen LogP contribution in [-0.2, 0) is 6.42 Å². The van der Waals surface area contributed by atoms with Crippen molar-refractivity contribution in [3.63, 3.8) is 0 Å². The maximum atomic E-state index is 11.5. The molecular formula is C21H16N2O2. The number of aromatic carboxylic acids is 1. The molecule has 1 unspecified atom stereocenters. The summed E-state index contributed by atoms with van der Waals surface area (Å²) in [5.74, 6) is -0.887. The molecule has 4 aromatic rings. The second kappa shape index (κ2) is 5.11. The first-order valence-corrected chi connectivity index (χ1v) is 8.31. The molecule has 0 aliphatic carbocycles. The number of hydrogen-bond acceptors (Lipinski definition) is 1. The fourth-order valence-corrected chi connectivity index (χ4v) is 3.95. The topological polar surface area (TPSA) is 58.0 Å². The lowest BCUT2D eigenvalue weighted by Crippen LogP contribution is -2.20. The van der Waals surface area contributed by atoms with E-state index in [1.165, 1.54) is 10.9 Å². The van der Waals surface area contributed by atoms with Crippen molar-refractivity contribution in [1.82, 2.24) is 9.55 Å². The van der Waals surface area contributed by atoms with Gasteiger partial charge in [0.05, 0.1) is 11.6 Å². The maximum Gasteiger partial charge on any atom is 0.337 e. The molecule has 4 nitrogen and oxygen atoms in total. The number of carbonyl (C=O) groups is 1. The molecule has 0 saturated carbocycles. The van der Waals surface area contributed by atoms with Gasteiger partial charge in [-0.3, -0.25) is 0 Å². The lowest BCUT2D eigenvalue weighted by atomic mass is 9.93. The van der Waals surface area contributed by atoms with Crippen LogP contribution in [0.3, 0.4) is 0 Å². The summed E-state index contributed by atoms with van der Waals surface area (Å²) in [5, 5.41) is 10.6. The van der Waals surface area contributed by atoms with Gasteiger partial charge in [0.15, 0.2) is 0 Å². The molecule has 0 spiro atoms. The number of nitrogens with zero attached hydrogens (tertiary/aromatic N) is 1. The average Bonchev–Trinajstić information content (AvgIpc) is 3.21. The summed E-state index contributed by atoms with van der Waals surface area (Å²) in [4.78, 5) is 15.0. The highest BCUT2D eigenvalue weighted by Gasteiger charge is 2.30. The lowest BCUT2D eigenvalue weighted by molar-refractivity contribution is 0.0697. The number of carboxylic acid groups (broad SMARTS) is 1. The molecule has 3 heterocycles. The van der Waals surface area contributed by atoms with E-state index in [2.05, 4.69) is 33.8 Å². The highest BCUT2D eigenvalue weighted by molar-refractivity contribution is 5.89. The summed E-state index contributed by atoms with van der Waals surface area (Å²) in [7, 11) is 0. The van der Waals surface area contributed by atoms with Crippen LogP contribution in [0.4, 0.5) is 0 Å². The largest absolute Gasteiger partial charge is 0.478 e. The van der Waals surface area contributed by atoms with Crippen LogP contribution in [-0.4, -0.2) is 20.6 Å². The SMILES string of the molecule is O=C(O)c1cc2n(c1)C(c1ccccc1)c1[nH]c3ccccc3c1C2. The number of nitrogens with one attached hydrogen (secondary N) is 1. The Hall–Kier alpha value is -3.27. The van der Waals surface area contributed by atoms with Crippen molar-refractivity contribution < 1.29 is 9.90 Å². The average molecular weight is 328 g/mol. The van der Waals surface area contributed by atoms with E-state index in [4.69, 9.17) is 0 Å². The Labute approximate surface area is 144 Å². The van der Waals surface area contributed by atoms with Gasteiger partial charge in [-0.15, -0.1) is 0 Å². The van der Waals surface area contributed by atoms with E-state index < -0.39 is 5.97 Å². The van der Waals surface area contributed by atoms with Crippen molar-refractivity contribution in [1.29, 1.82) is 0 Å². The summed E-state index contributed by atoms with van der Waals surface area (Å²) in [5.41, 5.74) is 6.04. The van der Waals surface area contributed by atoms with Crippen LogP contribution < -0.4 is 0 Å². The lowest BCUT2D eigenvalue weighted by Gasteiger charge is -2.27. The van der Waals surface area contributed by atoms with Crippen LogP contribution in [0.15, 0.2) is 66.9 Å². The highest BCUT2D eigenvalue weighted by Crippen LogP contribution is 2.39. The number of carboxylic acids is 1. The van der Waals surface area contributed by atoms with Crippen molar-refractivity contribution >= 4 is 16.9 Å². The molecule has 0 fully saturated rings. The van der Waals surface area contributed by atoms with Crippen LogP contribution in [0.1, 0.15) is 38.9 Å². The summed E-state index contributed by atoms with van der Waals surface area (Å²) in [6.07, 6.45) is 2.49. The van der Waals surface area contributed by atoms with E-state index in [-0.39, 0.29) is 6.04 Å². The van der Waals surface area contributed by atoms with Crippen LogP contribution in [0, 0.1) is 0 Å². The van der Waals surface area contributed by atoms with Gasteiger partial charge in [0.25, 0.3) is 0 Å². The van der Waals surface area contributed by atoms with Crippen LogP contribution in [0.25, 0.3) is 10.9 Å². The van der Waals surface area contributed by atoms with Gasteiger partial charge in [-0.05, 0) is 23.3 Å². The van der Waals surface area contributed by atoms with Gasteiger partial charge in [0, 0.05) is 34.9 Å². The highest BCUT2D eigenvalue weighted by atomic mass is 16.4. The normalized spacial score (nSPS) is 15.8. The van der Waals surface area contributed by atoms with E-state index in [0.29, 0.717) is 5.56 Å². The Balaban J connectivity index is 1.80. The number of H-pyrrole nitrogens is 1. The summed E-state index contributed by atoms with van der Waals surface area (Å²) < 4.78 is 2.09. The molecule has 2 N–H and O–H groups in total. The summed E-state index contributed by atoms with van der Waals surface area (Å²) in [6.45, 7) is 0. The first kappa shape index (κ1) is 14.1. The Kier molecular flexibility index (Phi) is 2.88. The third kappa shape index (κ3) is 2.04. The molecule has 0 amide bonds. The first-order chi connectivity index (χ1) is 12.2. The molecule has 2 aromatic carbocycles. The number of aromatic nitrogens is 2. The molecule has 4 heteroatoms. The third-order valence-corrected chi connectivity index (χ3v) is 5.05. The van der Waals surface area contributed by atoms with Gasteiger partial charge in [-0.2, -0.15) is 0 Å². The molecule has 1 atom stereocenters. The van der Waals surface area contributed by atoms with E-state index in [9.17, 15) is 9.90 Å². The van der Waals surface area contributed by atoms with Crippen molar-refractivity contribution in [2.75, 3.05) is 0 Å². The van der Waals surface area contributed by atoms with Crippen molar-refractivity contribution in [3.05, 3.63) is 94.9 Å². The van der Waals surface area contributed by atoms with Gasteiger partial charge >= 0.3 is 5.97 Å². The second-order valence-electron chi connectivity index (χ2n) is 6.49. The Morgan fingerprint density at radius 1 is 1.08 bits per heavy atom. The van der Waals surface area contributed by atoms with E-state index in [1.54, 1.807) is 12.3 Å². The molecule has 1 aliphatic heterocycles. The van der Waals surface area contributed by atoms with E-state index >= 15 is 0 Å². The zero-order valence-corrected chi connectivity index (χ0v) is 13.4. The van der Waals surface area contributed by atoms with E-state index in [0.717, 1.165) is 28.9 Å². The number of para-hydroxylation sites is 1. The van der Waals surface area contributed by atoms with Gasteiger partial charge in [0.2, 0.25) is 0 Å². The second-order valence-corrected chi connectivity index (χ2v) is 6.49. The molecular weight excluding hydrogens is 312 g/mol. The molecule has 2 aromatic heterocycles.